The summed E-state index contributed by atoms with van der Waals surface area (Å²) in [4.78, 5) is 30.3. The molecule has 3 rings (SSSR count). The molecule has 0 saturated carbocycles. The highest BCUT2D eigenvalue weighted by molar-refractivity contribution is 8.00. The monoisotopic (exact) mass is 457 g/mol. The topological polar surface area (TPSA) is 52.7 Å². The number of benzene rings is 2. The van der Waals surface area contributed by atoms with Crippen LogP contribution in [0.25, 0.3) is 0 Å². The highest BCUT2D eigenvalue weighted by atomic mass is 32.2. The van der Waals surface area contributed by atoms with E-state index in [-0.39, 0.29) is 17.6 Å². The largest absolute Gasteiger partial charge is 0.341 e. The number of carbonyl (C=O) groups is 2. The van der Waals surface area contributed by atoms with Gasteiger partial charge in [-0.25, -0.2) is 4.39 Å². The molecule has 172 valence electrons. The first-order chi connectivity index (χ1) is 15.5. The fourth-order valence-electron chi connectivity index (χ4n) is 3.93. The van der Waals surface area contributed by atoms with Gasteiger partial charge >= 0.3 is 0 Å². The van der Waals surface area contributed by atoms with Gasteiger partial charge < -0.3 is 10.2 Å². The van der Waals surface area contributed by atoms with E-state index >= 15 is 0 Å². The van der Waals surface area contributed by atoms with Gasteiger partial charge in [-0.3, -0.25) is 14.5 Å². The maximum Gasteiger partial charge on any atom is 0.238 e. The summed E-state index contributed by atoms with van der Waals surface area (Å²) in [5.74, 6) is 0.128. The maximum absolute atomic E-state index is 13.0. The molecule has 1 aliphatic rings. The van der Waals surface area contributed by atoms with Crippen molar-refractivity contribution in [1.82, 2.24) is 9.80 Å². The van der Waals surface area contributed by atoms with Crippen LogP contribution in [0.4, 0.5) is 10.1 Å². The predicted octanol–water partition coefficient (Wildman–Crippen LogP) is 4.22. The standard InChI is InChI=1S/C25H32FN3O2S/c1-3-19-7-5-8-20(4-2)25(19)27-23(30)17-28-13-6-14-29(16-15-28)24(31)18-32-22-11-9-21(26)10-12-22/h5,7-12H,3-4,6,13-18H2,1-2H3,(H,27,30). The Bertz CT molecular complexity index is 898. The Hall–Kier alpha value is -2.38. The van der Waals surface area contributed by atoms with E-state index in [4.69, 9.17) is 0 Å². The number of halogens is 1. The summed E-state index contributed by atoms with van der Waals surface area (Å²) in [6, 6.07) is 12.4. The molecule has 1 aliphatic heterocycles. The van der Waals surface area contributed by atoms with Crippen molar-refractivity contribution >= 4 is 29.3 Å². The second-order valence-corrected chi connectivity index (χ2v) is 9.01. The number of amides is 2. The van der Waals surface area contributed by atoms with Gasteiger partial charge in [-0.2, -0.15) is 0 Å². The fourth-order valence-corrected chi connectivity index (χ4v) is 4.73. The Labute approximate surface area is 194 Å². The van der Waals surface area contributed by atoms with Gasteiger partial charge in [-0.1, -0.05) is 32.0 Å². The minimum Gasteiger partial charge on any atom is -0.341 e. The predicted molar refractivity (Wildman–Crippen MR) is 129 cm³/mol. The van der Waals surface area contributed by atoms with Crippen LogP contribution in [-0.2, 0) is 22.4 Å². The van der Waals surface area contributed by atoms with E-state index in [1.54, 1.807) is 12.1 Å². The van der Waals surface area contributed by atoms with Gasteiger partial charge in [-0.15, -0.1) is 11.8 Å². The molecule has 2 amide bonds. The summed E-state index contributed by atoms with van der Waals surface area (Å²) in [6.07, 6.45) is 2.59. The van der Waals surface area contributed by atoms with E-state index in [9.17, 15) is 14.0 Å². The number of nitrogens with zero attached hydrogens (tertiary/aromatic N) is 2. The zero-order valence-corrected chi connectivity index (χ0v) is 19.7. The van der Waals surface area contributed by atoms with Gasteiger partial charge in [-0.05, 0) is 54.7 Å². The molecule has 0 spiro atoms. The zero-order chi connectivity index (χ0) is 22.9. The van der Waals surface area contributed by atoms with Crippen molar-refractivity contribution in [1.29, 1.82) is 0 Å². The molecule has 2 aromatic rings. The molecule has 0 aliphatic carbocycles. The summed E-state index contributed by atoms with van der Waals surface area (Å²) in [5, 5.41) is 3.13. The highest BCUT2D eigenvalue weighted by Gasteiger charge is 2.21. The molecule has 0 bridgehead atoms. The van der Waals surface area contributed by atoms with Crippen molar-refractivity contribution in [3.05, 3.63) is 59.4 Å². The van der Waals surface area contributed by atoms with Gasteiger partial charge in [0.25, 0.3) is 0 Å². The number of thioether (sulfide) groups is 1. The second-order valence-electron chi connectivity index (χ2n) is 7.96. The molecule has 0 atom stereocenters. The summed E-state index contributed by atoms with van der Waals surface area (Å²) in [5.41, 5.74) is 3.26. The van der Waals surface area contributed by atoms with Crippen LogP contribution in [0.1, 0.15) is 31.4 Å². The van der Waals surface area contributed by atoms with Crippen molar-refractivity contribution in [2.75, 3.05) is 43.8 Å². The van der Waals surface area contributed by atoms with E-state index in [2.05, 4.69) is 36.2 Å². The average molecular weight is 458 g/mol. The van der Waals surface area contributed by atoms with Crippen LogP contribution < -0.4 is 5.32 Å². The van der Waals surface area contributed by atoms with Crippen molar-refractivity contribution in [2.45, 2.75) is 38.0 Å². The highest BCUT2D eigenvalue weighted by Crippen LogP contribution is 2.23. The number of hydrogen-bond acceptors (Lipinski definition) is 4. The number of aryl methyl sites for hydroxylation is 2. The summed E-state index contributed by atoms with van der Waals surface area (Å²) >= 11 is 1.42. The lowest BCUT2D eigenvalue weighted by Gasteiger charge is -2.22. The molecule has 2 aromatic carbocycles. The van der Waals surface area contributed by atoms with Crippen molar-refractivity contribution in [3.63, 3.8) is 0 Å². The van der Waals surface area contributed by atoms with E-state index in [1.165, 1.54) is 23.9 Å². The Morgan fingerprint density at radius 1 is 0.969 bits per heavy atom. The number of para-hydroxylation sites is 1. The first-order valence-electron chi connectivity index (χ1n) is 11.3. The van der Waals surface area contributed by atoms with Crippen LogP contribution >= 0.6 is 11.8 Å². The van der Waals surface area contributed by atoms with Crippen molar-refractivity contribution < 1.29 is 14.0 Å². The first-order valence-corrected chi connectivity index (χ1v) is 12.3. The number of nitrogens with one attached hydrogen (secondary N) is 1. The molecule has 7 heteroatoms. The molecule has 0 radical (unpaired) electrons. The van der Waals surface area contributed by atoms with E-state index in [0.717, 1.165) is 47.5 Å². The maximum atomic E-state index is 13.0. The molecule has 1 heterocycles. The summed E-state index contributed by atoms with van der Waals surface area (Å²) in [6.45, 7) is 7.29. The quantitative estimate of drug-likeness (QED) is 0.603. The molecule has 1 fully saturated rings. The Morgan fingerprint density at radius 3 is 2.31 bits per heavy atom. The molecule has 1 saturated heterocycles. The Balaban J connectivity index is 1.49. The van der Waals surface area contributed by atoms with Crippen LogP contribution in [0.2, 0.25) is 0 Å². The number of carbonyl (C=O) groups excluding carboxylic acids is 2. The van der Waals surface area contributed by atoms with Gasteiger partial charge in [0.2, 0.25) is 11.8 Å². The molecule has 0 aromatic heterocycles. The zero-order valence-electron chi connectivity index (χ0n) is 18.9. The van der Waals surface area contributed by atoms with Gasteiger partial charge in [0, 0.05) is 36.8 Å². The number of hydrogen-bond donors (Lipinski definition) is 1. The molecular weight excluding hydrogens is 425 g/mol. The average Bonchev–Trinajstić information content (AvgIpc) is 3.04. The first kappa shape index (κ1) is 24.3. The van der Waals surface area contributed by atoms with Crippen LogP contribution in [0.15, 0.2) is 47.4 Å². The molecule has 5 nitrogen and oxygen atoms in total. The molecule has 0 unspecified atom stereocenters. The molecular formula is C25H32FN3O2S. The fraction of sp³-hybridized carbons (Fsp3) is 0.440. The van der Waals surface area contributed by atoms with Gasteiger partial charge in [0.05, 0.1) is 12.3 Å². The number of anilines is 1. The minimum absolute atomic E-state index is 0.00718. The molecule has 32 heavy (non-hydrogen) atoms. The van der Waals surface area contributed by atoms with E-state index < -0.39 is 0 Å². The van der Waals surface area contributed by atoms with Crippen LogP contribution in [0.5, 0.6) is 0 Å². The lowest BCUT2D eigenvalue weighted by molar-refractivity contribution is -0.128. The molecule has 1 N–H and O–H groups in total. The lowest BCUT2D eigenvalue weighted by atomic mass is 10.0. The smallest absolute Gasteiger partial charge is 0.238 e. The van der Waals surface area contributed by atoms with E-state index in [0.29, 0.717) is 31.9 Å². The lowest BCUT2D eigenvalue weighted by Crippen LogP contribution is -2.38. The number of rotatable bonds is 8. The second kappa shape index (κ2) is 12.0. The Morgan fingerprint density at radius 2 is 1.66 bits per heavy atom. The van der Waals surface area contributed by atoms with Crippen LogP contribution in [-0.4, -0.2) is 60.1 Å². The van der Waals surface area contributed by atoms with Crippen LogP contribution in [0.3, 0.4) is 0 Å². The third-order valence-corrected chi connectivity index (χ3v) is 6.74. The third kappa shape index (κ3) is 6.81. The van der Waals surface area contributed by atoms with Gasteiger partial charge in [0.15, 0.2) is 0 Å². The Kier molecular flexibility index (Phi) is 9.11. The third-order valence-electron chi connectivity index (χ3n) is 5.75. The minimum atomic E-state index is -0.276. The van der Waals surface area contributed by atoms with E-state index in [1.807, 2.05) is 11.0 Å². The van der Waals surface area contributed by atoms with Crippen molar-refractivity contribution in [2.24, 2.45) is 0 Å². The summed E-state index contributed by atoms with van der Waals surface area (Å²) < 4.78 is 13.0. The van der Waals surface area contributed by atoms with Gasteiger partial charge in [0.1, 0.15) is 5.82 Å². The summed E-state index contributed by atoms with van der Waals surface area (Å²) in [7, 11) is 0. The SMILES string of the molecule is CCc1cccc(CC)c1NC(=O)CN1CCCN(C(=O)CSc2ccc(F)cc2)CC1. The van der Waals surface area contributed by atoms with Crippen molar-refractivity contribution in [3.8, 4) is 0 Å². The van der Waals surface area contributed by atoms with Crippen LogP contribution in [0, 0.1) is 5.82 Å². The normalized spacial score (nSPS) is 14.8.